The van der Waals surface area contributed by atoms with E-state index in [1.165, 1.54) is 6.07 Å². The molecule has 1 aliphatic rings. The molecule has 0 unspecified atom stereocenters. The Kier molecular flexibility index (Phi) is 6.04. The summed E-state index contributed by atoms with van der Waals surface area (Å²) in [6.45, 7) is 1.78. The second-order valence-electron chi connectivity index (χ2n) is 6.25. The molecule has 2 aromatic carbocycles. The van der Waals surface area contributed by atoms with Gasteiger partial charge in [0.2, 0.25) is 0 Å². The lowest BCUT2D eigenvalue weighted by molar-refractivity contribution is 0.129. The molecule has 1 aliphatic heterocycles. The van der Waals surface area contributed by atoms with E-state index in [4.69, 9.17) is 4.74 Å². The number of likely N-dealkylation sites (tertiary alicyclic amines) is 1. The van der Waals surface area contributed by atoms with Crippen molar-refractivity contribution in [3.63, 3.8) is 0 Å². The summed E-state index contributed by atoms with van der Waals surface area (Å²) in [5.41, 5.74) is 0.286. The summed E-state index contributed by atoms with van der Waals surface area (Å²) in [5.74, 6) is 0.697. The van der Waals surface area contributed by atoms with E-state index in [2.05, 4.69) is 15.2 Å². The zero-order valence-corrected chi connectivity index (χ0v) is 14.8. The summed E-state index contributed by atoms with van der Waals surface area (Å²) >= 11 is 0. The Morgan fingerprint density at radius 1 is 1.15 bits per heavy atom. The van der Waals surface area contributed by atoms with Crippen molar-refractivity contribution < 1.29 is 13.5 Å². The Labute approximate surface area is 152 Å². The van der Waals surface area contributed by atoms with Crippen molar-refractivity contribution >= 4 is 5.96 Å². The van der Waals surface area contributed by atoms with Crippen LogP contribution < -0.4 is 10.1 Å². The molecule has 0 bridgehead atoms. The number of nitrogens with one attached hydrogen (secondary N) is 1. The topological polar surface area (TPSA) is 36.9 Å². The summed E-state index contributed by atoms with van der Waals surface area (Å²) in [6, 6.07) is 13.3. The van der Waals surface area contributed by atoms with Gasteiger partial charge in [0.1, 0.15) is 23.5 Å². The summed E-state index contributed by atoms with van der Waals surface area (Å²) in [5, 5.41) is 3.12. The van der Waals surface area contributed by atoms with Crippen molar-refractivity contribution in [1.29, 1.82) is 0 Å². The molecule has 1 heterocycles. The Bertz CT molecular complexity index is 744. The van der Waals surface area contributed by atoms with Gasteiger partial charge >= 0.3 is 0 Å². The second kappa shape index (κ2) is 8.65. The number of ether oxygens (including phenoxy) is 1. The maximum atomic E-state index is 13.7. The molecule has 0 aromatic heterocycles. The number of hydrogen-bond acceptors (Lipinski definition) is 2. The van der Waals surface area contributed by atoms with Crippen LogP contribution in [0.2, 0.25) is 0 Å². The fraction of sp³-hybridized carbons (Fsp3) is 0.350. The maximum absolute atomic E-state index is 13.7. The van der Waals surface area contributed by atoms with Crippen molar-refractivity contribution in [2.45, 2.75) is 25.5 Å². The van der Waals surface area contributed by atoms with Gasteiger partial charge in [0, 0.05) is 45.1 Å². The maximum Gasteiger partial charge on any atom is 0.193 e. The largest absolute Gasteiger partial charge is 0.490 e. The van der Waals surface area contributed by atoms with Crippen molar-refractivity contribution in [3.05, 3.63) is 65.7 Å². The van der Waals surface area contributed by atoms with Gasteiger partial charge in [-0.1, -0.05) is 18.2 Å². The second-order valence-corrected chi connectivity index (χ2v) is 6.25. The molecular weight excluding hydrogens is 336 g/mol. The van der Waals surface area contributed by atoms with Crippen LogP contribution in [0.1, 0.15) is 18.4 Å². The molecule has 0 spiro atoms. The Hall–Kier alpha value is -2.63. The molecule has 1 N–H and O–H groups in total. The number of rotatable bonds is 4. The van der Waals surface area contributed by atoms with E-state index in [1.54, 1.807) is 7.05 Å². The van der Waals surface area contributed by atoms with Crippen LogP contribution in [0.4, 0.5) is 8.78 Å². The smallest absolute Gasteiger partial charge is 0.193 e. The third-order valence-electron chi connectivity index (χ3n) is 4.44. The van der Waals surface area contributed by atoms with Gasteiger partial charge in [-0.15, -0.1) is 0 Å². The monoisotopic (exact) mass is 359 g/mol. The number of hydrogen-bond donors (Lipinski definition) is 1. The molecule has 0 atom stereocenters. The van der Waals surface area contributed by atoms with Gasteiger partial charge in [-0.3, -0.25) is 4.99 Å². The van der Waals surface area contributed by atoms with Crippen molar-refractivity contribution in [2.24, 2.45) is 4.99 Å². The number of halogens is 2. The van der Waals surface area contributed by atoms with E-state index in [1.807, 2.05) is 30.3 Å². The van der Waals surface area contributed by atoms with Crippen LogP contribution in [0.15, 0.2) is 53.5 Å². The van der Waals surface area contributed by atoms with Crippen LogP contribution in [0, 0.1) is 11.6 Å². The highest BCUT2D eigenvalue weighted by atomic mass is 19.1. The van der Waals surface area contributed by atoms with Gasteiger partial charge in [0.05, 0.1) is 0 Å². The lowest BCUT2D eigenvalue weighted by Gasteiger charge is -2.34. The van der Waals surface area contributed by atoms with E-state index in [-0.39, 0.29) is 18.2 Å². The van der Waals surface area contributed by atoms with Gasteiger partial charge in [0.25, 0.3) is 0 Å². The highest BCUT2D eigenvalue weighted by molar-refractivity contribution is 5.80. The van der Waals surface area contributed by atoms with Crippen molar-refractivity contribution in [2.75, 3.05) is 20.1 Å². The minimum Gasteiger partial charge on any atom is -0.490 e. The van der Waals surface area contributed by atoms with Crippen LogP contribution in [-0.4, -0.2) is 37.1 Å². The third-order valence-corrected chi connectivity index (χ3v) is 4.44. The van der Waals surface area contributed by atoms with E-state index < -0.39 is 11.6 Å². The van der Waals surface area contributed by atoms with Gasteiger partial charge in [0.15, 0.2) is 5.96 Å². The number of piperidine rings is 1. The number of nitrogens with zero attached hydrogens (tertiary/aromatic N) is 2. The van der Waals surface area contributed by atoms with Crippen molar-refractivity contribution in [1.82, 2.24) is 10.2 Å². The highest BCUT2D eigenvalue weighted by Crippen LogP contribution is 2.19. The average molecular weight is 359 g/mol. The minimum absolute atomic E-state index is 0.174. The molecule has 0 amide bonds. The molecule has 26 heavy (non-hydrogen) atoms. The van der Waals surface area contributed by atoms with Gasteiger partial charge in [-0.05, 0) is 30.3 Å². The Balaban J connectivity index is 1.51. The van der Waals surface area contributed by atoms with E-state index in [0.717, 1.165) is 43.8 Å². The molecular formula is C20H23F2N3O. The zero-order chi connectivity index (χ0) is 18.4. The fourth-order valence-corrected chi connectivity index (χ4v) is 3.06. The van der Waals surface area contributed by atoms with E-state index in [9.17, 15) is 8.78 Å². The summed E-state index contributed by atoms with van der Waals surface area (Å²) in [6.07, 6.45) is 1.93. The lowest BCUT2D eigenvalue weighted by Crippen LogP contribution is -2.47. The van der Waals surface area contributed by atoms with E-state index >= 15 is 0 Å². The Morgan fingerprint density at radius 3 is 2.58 bits per heavy atom. The van der Waals surface area contributed by atoms with Crippen LogP contribution in [0.3, 0.4) is 0 Å². The number of para-hydroxylation sites is 1. The molecule has 1 fully saturated rings. The first-order valence-electron chi connectivity index (χ1n) is 8.77. The third kappa shape index (κ3) is 4.71. The molecule has 3 rings (SSSR count). The molecule has 0 saturated carbocycles. The highest BCUT2D eigenvalue weighted by Gasteiger charge is 2.22. The number of guanidine groups is 1. The first-order valence-corrected chi connectivity index (χ1v) is 8.77. The fourth-order valence-electron chi connectivity index (χ4n) is 3.06. The molecule has 2 aromatic rings. The first-order chi connectivity index (χ1) is 12.7. The molecule has 0 aliphatic carbocycles. The predicted octanol–water partition coefficient (Wildman–Crippen LogP) is 3.58. The molecule has 0 radical (unpaired) electrons. The normalized spacial score (nSPS) is 15.8. The quantitative estimate of drug-likeness (QED) is 0.670. The van der Waals surface area contributed by atoms with Gasteiger partial charge in [-0.2, -0.15) is 0 Å². The zero-order valence-electron chi connectivity index (χ0n) is 14.8. The lowest BCUT2D eigenvalue weighted by atomic mass is 10.1. The standard InChI is InChI=1S/C20H23F2N3O/c1-23-20(24-14-15-13-16(21)7-8-19(15)22)25-11-9-18(10-12-25)26-17-5-3-2-4-6-17/h2-8,13,18H,9-12,14H2,1H3,(H,23,24). The SMILES string of the molecule is CN=C(NCc1cc(F)ccc1F)N1CCC(Oc2ccccc2)CC1. The summed E-state index contributed by atoms with van der Waals surface area (Å²) in [4.78, 5) is 6.38. The summed E-state index contributed by atoms with van der Waals surface area (Å²) < 4.78 is 33.0. The van der Waals surface area contributed by atoms with Gasteiger partial charge in [-0.25, -0.2) is 8.78 Å². The average Bonchev–Trinajstić information content (AvgIpc) is 2.67. The van der Waals surface area contributed by atoms with Crippen molar-refractivity contribution in [3.8, 4) is 5.75 Å². The summed E-state index contributed by atoms with van der Waals surface area (Å²) in [7, 11) is 1.69. The first kappa shape index (κ1) is 18.2. The molecule has 138 valence electrons. The molecule has 6 heteroatoms. The number of aliphatic imine (C=N–C) groups is 1. The van der Waals surface area contributed by atoms with Crippen LogP contribution in [-0.2, 0) is 6.54 Å². The number of benzene rings is 2. The van der Waals surface area contributed by atoms with Crippen LogP contribution >= 0.6 is 0 Å². The van der Waals surface area contributed by atoms with Crippen LogP contribution in [0.25, 0.3) is 0 Å². The predicted molar refractivity (Wildman–Crippen MR) is 98.2 cm³/mol. The minimum atomic E-state index is -0.447. The van der Waals surface area contributed by atoms with Crippen LogP contribution in [0.5, 0.6) is 5.75 Å². The molecule has 1 saturated heterocycles. The Morgan fingerprint density at radius 2 is 1.88 bits per heavy atom. The van der Waals surface area contributed by atoms with E-state index in [0.29, 0.717) is 5.96 Å². The molecule has 4 nitrogen and oxygen atoms in total. The van der Waals surface area contributed by atoms with Gasteiger partial charge < -0.3 is 15.0 Å².